The van der Waals surface area contributed by atoms with E-state index in [1.54, 1.807) is 24.3 Å². The van der Waals surface area contributed by atoms with Crippen molar-refractivity contribution in [3.8, 4) is 5.75 Å². The molecule has 0 aliphatic rings. The SMILES string of the molecule is CC(C)CC(=O)Nc1c([N+](=O)[O-])cc(OC(=O)CC(C)C)c2ccccc12. The van der Waals surface area contributed by atoms with Crippen molar-refractivity contribution in [2.24, 2.45) is 11.8 Å². The van der Waals surface area contributed by atoms with Gasteiger partial charge in [0.25, 0.3) is 5.69 Å². The lowest BCUT2D eigenvalue weighted by Gasteiger charge is -2.14. The number of anilines is 1. The van der Waals surface area contributed by atoms with Crippen LogP contribution in [0.2, 0.25) is 0 Å². The largest absolute Gasteiger partial charge is 0.426 e. The highest BCUT2D eigenvalue weighted by Crippen LogP contribution is 2.40. The number of nitro benzene ring substituents is 1. The van der Waals surface area contributed by atoms with Crippen LogP contribution >= 0.6 is 0 Å². The van der Waals surface area contributed by atoms with Crippen LogP contribution in [-0.2, 0) is 9.59 Å². The number of benzene rings is 2. The van der Waals surface area contributed by atoms with Gasteiger partial charge in [0.05, 0.1) is 11.0 Å². The summed E-state index contributed by atoms with van der Waals surface area (Å²) in [5.74, 6) is -0.423. The highest BCUT2D eigenvalue weighted by molar-refractivity contribution is 6.08. The lowest BCUT2D eigenvalue weighted by Crippen LogP contribution is -2.16. The minimum absolute atomic E-state index is 0.105. The molecule has 0 heterocycles. The van der Waals surface area contributed by atoms with Crippen molar-refractivity contribution in [1.29, 1.82) is 0 Å². The molecule has 0 saturated carbocycles. The van der Waals surface area contributed by atoms with E-state index in [0.717, 1.165) is 0 Å². The van der Waals surface area contributed by atoms with Gasteiger partial charge in [0.1, 0.15) is 11.4 Å². The second-order valence-corrected chi connectivity index (χ2v) is 7.29. The summed E-state index contributed by atoms with van der Waals surface area (Å²) >= 11 is 0. The third-order valence-electron chi connectivity index (χ3n) is 3.84. The molecule has 0 aliphatic carbocycles. The molecule has 0 spiro atoms. The number of nitro groups is 1. The van der Waals surface area contributed by atoms with Crippen LogP contribution in [-0.4, -0.2) is 16.8 Å². The van der Waals surface area contributed by atoms with E-state index in [4.69, 9.17) is 4.74 Å². The van der Waals surface area contributed by atoms with Gasteiger partial charge < -0.3 is 10.1 Å². The predicted molar refractivity (Wildman–Crippen MR) is 104 cm³/mol. The third-order valence-corrected chi connectivity index (χ3v) is 3.84. The molecule has 1 amide bonds. The van der Waals surface area contributed by atoms with Gasteiger partial charge in [-0.05, 0) is 11.8 Å². The van der Waals surface area contributed by atoms with Crippen LogP contribution in [0.25, 0.3) is 10.8 Å². The van der Waals surface area contributed by atoms with E-state index in [1.165, 1.54) is 6.07 Å². The van der Waals surface area contributed by atoms with Crippen molar-refractivity contribution in [1.82, 2.24) is 0 Å². The van der Waals surface area contributed by atoms with E-state index in [0.29, 0.717) is 10.8 Å². The van der Waals surface area contributed by atoms with Crippen molar-refractivity contribution in [3.05, 3.63) is 40.4 Å². The van der Waals surface area contributed by atoms with Crippen molar-refractivity contribution in [2.75, 3.05) is 5.32 Å². The predicted octanol–water partition coefficient (Wildman–Crippen LogP) is 4.68. The van der Waals surface area contributed by atoms with Gasteiger partial charge in [0, 0.05) is 23.6 Å². The maximum Gasteiger partial charge on any atom is 0.311 e. The van der Waals surface area contributed by atoms with Crippen molar-refractivity contribution in [2.45, 2.75) is 40.5 Å². The van der Waals surface area contributed by atoms with E-state index >= 15 is 0 Å². The summed E-state index contributed by atoms with van der Waals surface area (Å²) in [6, 6.07) is 8.02. The fraction of sp³-hybridized carbons (Fsp3) is 0.400. The Morgan fingerprint density at radius 3 is 2.22 bits per heavy atom. The highest BCUT2D eigenvalue weighted by Gasteiger charge is 2.24. The maximum absolute atomic E-state index is 12.2. The summed E-state index contributed by atoms with van der Waals surface area (Å²) in [4.78, 5) is 35.3. The summed E-state index contributed by atoms with van der Waals surface area (Å²) in [6.07, 6.45) is 0.450. The Kier molecular flexibility index (Phi) is 6.50. The van der Waals surface area contributed by atoms with Crippen LogP contribution < -0.4 is 10.1 Å². The molecule has 0 unspecified atom stereocenters. The van der Waals surface area contributed by atoms with Gasteiger partial charge in [-0.1, -0.05) is 52.0 Å². The zero-order valence-electron chi connectivity index (χ0n) is 15.9. The number of hydrogen-bond acceptors (Lipinski definition) is 5. The summed E-state index contributed by atoms with van der Waals surface area (Å²) in [6.45, 7) is 7.55. The molecule has 144 valence electrons. The summed E-state index contributed by atoms with van der Waals surface area (Å²) in [7, 11) is 0. The van der Waals surface area contributed by atoms with Gasteiger partial charge in [-0.3, -0.25) is 19.7 Å². The molecular formula is C20H24N2O5. The molecule has 0 bridgehead atoms. The lowest BCUT2D eigenvalue weighted by molar-refractivity contribution is -0.383. The molecule has 0 aliphatic heterocycles. The van der Waals surface area contributed by atoms with Gasteiger partial charge in [-0.2, -0.15) is 0 Å². The normalized spacial score (nSPS) is 11.0. The molecule has 0 atom stereocenters. The van der Waals surface area contributed by atoms with Crippen LogP contribution in [0.3, 0.4) is 0 Å². The molecule has 2 rings (SSSR count). The number of amides is 1. The first-order chi connectivity index (χ1) is 12.7. The number of rotatable bonds is 7. The van der Waals surface area contributed by atoms with Gasteiger partial charge in [0.15, 0.2) is 0 Å². The third kappa shape index (κ3) is 5.26. The molecule has 2 aromatic rings. The minimum atomic E-state index is -0.586. The van der Waals surface area contributed by atoms with E-state index in [2.05, 4.69) is 5.32 Å². The fourth-order valence-electron chi connectivity index (χ4n) is 2.75. The Morgan fingerprint density at radius 2 is 1.67 bits per heavy atom. The molecule has 2 aromatic carbocycles. The monoisotopic (exact) mass is 372 g/mol. The zero-order valence-corrected chi connectivity index (χ0v) is 15.9. The van der Waals surface area contributed by atoms with Crippen LogP contribution in [0.1, 0.15) is 40.5 Å². The quantitative estimate of drug-likeness (QED) is 0.329. The van der Waals surface area contributed by atoms with E-state index in [1.807, 2.05) is 27.7 Å². The molecule has 0 radical (unpaired) electrons. The Hall–Kier alpha value is -2.96. The zero-order chi connectivity index (χ0) is 20.1. The smallest absolute Gasteiger partial charge is 0.311 e. The Bertz CT molecular complexity index is 874. The number of carbonyl (C=O) groups excluding carboxylic acids is 2. The van der Waals surface area contributed by atoms with Crippen LogP contribution in [0.4, 0.5) is 11.4 Å². The van der Waals surface area contributed by atoms with E-state index < -0.39 is 10.9 Å². The molecule has 7 nitrogen and oxygen atoms in total. The van der Waals surface area contributed by atoms with Crippen LogP contribution in [0.5, 0.6) is 5.75 Å². The molecule has 7 heteroatoms. The Labute approximate surface area is 157 Å². The highest BCUT2D eigenvalue weighted by atomic mass is 16.6. The number of fused-ring (bicyclic) bond motifs is 1. The fourth-order valence-corrected chi connectivity index (χ4v) is 2.75. The molecule has 1 N–H and O–H groups in total. The minimum Gasteiger partial charge on any atom is -0.426 e. The Balaban J connectivity index is 2.55. The van der Waals surface area contributed by atoms with Crippen LogP contribution in [0.15, 0.2) is 30.3 Å². The molecule has 0 fully saturated rings. The summed E-state index contributed by atoms with van der Waals surface area (Å²) < 4.78 is 5.40. The first kappa shape index (κ1) is 20.4. The molecule has 0 aromatic heterocycles. The number of hydrogen-bond donors (Lipinski definition) is 1. The topological polar surface area (TPSA) is 98.5 Å². The van der Waals surface area contributed by atoms with Crippen LogP contribution in [0, 0.1) is 22.0 Å². The van der Waals surface area contributed by atoms with Gasteiger partial charge in [-0.15, -0.1) is 0 Å². The second kappa shape index (κ2) is 8.62. The Morgan fingerprint density at radius 1 is 1.07 bits per heavy atom. The van der Waals surface area contributed by atoms with E-state index in [-0.39, 0.29) is 47.7 Å². The number of ether oxygens (including phenoxy) is 1. The molecular weight excluding hydrogens is 348 g/mol. The lowest BCUT2D eigenvalue weighted by atomic mass is 10.0. The van der Waals surface area contributed by atoms with Gasteiger partial charge in [-0.25, -0.2) is 0 Å². The average molecular weight is 372 g/mol. The number of nitrogens with one attached hydrogen (secondary N) is 1. The summed E-state index contributed by atoms with van der Waals surface area (Å²) in [5, 5.41) is 15.2. The maximum atomic E-state index is 12.2. The van der Waals surface area contributed by atoms with Crippen molar-refractivity contribution < 1.29 is 19.2 Å². The van der Waals surface area contributed by atoms with Crippen molar-refractivity contribution >= 4 is 34.0 Å². The first-order valence-corrected chi connectivity index (χ1v) is 8.89. The second-order valence-electron chi connectivity index (χ2n) is 7.29. The van der Waals surface area contributed by atoms with Gasteiger partial charge in [0.2, 0.25) is 5.91 Å². The van der Waals surface area contributed by atoms with Crippen molar-refractivity contribution in [3.63, 3.8) is 0 Å². The molecule has 27 heavy (non-hydrogen) atoms. The number of nitrogens with zero attached hydrogens (tertiary/aromatic N) is 1. The first-order valence-electron chi connectivity index (χ1n) is 8.89. The van der Waals surface area contributed by atoms with Gasteiger partial charge >= 0.3 is 5.97 Å². The number of carbonyl (C=O) groups is 2. The number of esters is 1. The van der Waals surface area contributed by atoms with E-state index in [9.17, 15) is 19.7 Å². The summed E-state index contributed by atoms with van der Waals surface area (Å²) in [5.41, 5.74) is -0.192. The molecule has 0 saturated heterocycles. The standard InChI is InChI=1S/C20H24N2O5/c1-12(2)9-18(23)21-20-15-8-6-5-7-14(15)17(11-16(20)22(25)26)27-19(24)10-13(3)4/h5-8,11-13H,9-10H2,1-4H3,(H,21,23). The average Bonchev–Trinajstić information content (AvgIpc) is 2.55.